The van der Waals surface area contributed by atoms with Gasteiger partial charge in [0, 0.05) is 4.83 Å². The van der Waals surface area contributed by atoms with Crippen molar-refractivity contribution in [3.8, 4) is 0 Å². The fraction of sp³-hybridized carbons (Fsp3) is 0.571. The molecule has 1 aromatic rings. The first-order valence-electron chi connectivity index (χ1n) is 6.15. The Bertz CT molecular complexity index is 394. The summed E-state index contributed by atoms with van der Waals surface area (Å²) in [6.45, 7) is 2.29. The number of alkyl halides is 1. The molecular weight excluding hydrogens is 303 g/mol. The third-order valence-corrected chi connectivity index (χ3v) is 5.29. The van der Waals surface area contributed by atoms with Gasteiger partial charge in [-0.3, -0.25) is 0 Å². The molecule has 0 nitrogen and oxygen atoms in total. The molecule has 3 unspecified atom stereocenters. The van der Waals surface area contributed by atoms with E-state index in [9.17, 15) is 4.39 Å². The average molecular weight is 320 g/mol. The SMILES string of the molecule is CC1CCC(Br)C(Cc2cccc(F)c2Cl)C1. The smallest absolute Gasteiger partial charge is 0.142 e. The molecule has 0 aromatic heterocycles. The Hall–Kier alpha value is -0.0800. The van der Waals surface area contributed by atoms with Crippen molar-refractivity contribution in [3.63, 3.8) is 0 Å². The number of benzene rings is 1. The lowest BCUT2D eigenvalue weighted by atomic mass is 9.79. The first-order chi connectivity index (χ1) is 8.08. The molecule has 1 aliphatic rings. The Morgan fingerprint density at radius 2 is 2.18 bits per heavy atom. The van der Waals surface area contributed by atoms with Crippen LogP contribution < -0.4 is 0 Å². The van der Waals surface area contributed by atoms with Crippen LogP contribution >= 0.6 is 27.5 Å². The summed E-state index contributed by atoms with van der Waals surface area (Å²) in [6, 6.07) is 5.09. The fourth-order valence-corrected chi connectivity index (χ4v) is 3.53. The third-order valence-electron chi connectivity index (χ3n) is 3.67. The van der Waals surface area contributed by atoms with E-state index in [1.165, 1.54) is 25.3 Å². The van der Waals surface area contributed by atoms with Crippen molar-refractivity contribution < 1.29 is 4.39 Å². The molecule has 0 heterocycles. The summed E-state index contributed by atoms with van der Waals surface area (Å²) >= 11 is 9.75. The molecule has 0 aliphatic heterocycles. The first kappa shape index (κ1) is 13.4. The number of hydrogen-bond donors (Lipinski definition) is 0. The van der Waals surface area contributed by atoms with Crippen molar-refractivity contribution in [2.45, 2.75) is 37.4 Å². The molecule has 0 radical (unpaired) electrons. The molecule has 3 atom stereocenters. The van der Waals surface area contributed by atoms with Crippen LogP contribution in [0.2, 0.25) is 5.02 Å². The van der Waals surface area contributed by atoms with Gasteiger partial charge in [-0.2, -0.15) is 0 Å². The van der Waals surface area contributed by atoms with Crippen molar-refractivity contribution >= 4 is 27.5 Å². The molecule has 0 saturated heterocycles. The Balaban J connectivity index is 2.11. The molecule has 0 amide bonds. The molecule has 0 spiro atoms. The Morgan fingerprint density at radius 3 is 2.94 bits per heavy atom. The van der Waals surface area contributed by atoms with Crippen molar-refractivity contribution in [3.05, 3.63) is 34.6 Å². The molecular formula is C14H17BrClF. The Labute approximate surface area is 116 Å². The predicted octanol–water partition coefficient (Wildman–Crippen LogP) is 5.22. The second kappa shape index (κ2) is 5.71. The van der Waals surface area contributed by atoms with Crippen LogP contribution in [0.5, 0.6) is 0 Å². The molecule has 0 bridgehead atoms. The van der Waals surface area contributed by atoms with Gasteiger partial charge in [0.2, 0.25) is 0 Å². The zero-order chi connectivity index (χ0) is 12.4. The minimum Gasteiger partial charge on any atom is -0.205 e. The standard InChI is InChI=1S/C14H17BrClF/c1-9-5-6-12(15)11(7-9)8-10-3-2-4-13(17)14(10)16/h2-4,9,11-12H,5-8H2,1H3. The highest BCUT2D eigenvalue weighted by Gasteiger charge is 2.27. The van der Waals surface area contributed by atoms with Crippen LogP contribution in [-0.2, 0) is 6.42 Å². The minimum absolute atomic E-state index is 0.297. The molecule has 94 valence electrons. The molecule has 1 fully saturated rings. The molecule has 0 N–H and O–H groups in total. The maximum atomic E-state index is 13.4. The van der Waals surface area contributed by atoms with E-state index in [-0.39, 0.29) is 5.82 Å². The summed E-state index contributed by atoms with van der Waals surface area (Å²) in [5.74, 6) is 1.03. The highest BCUT2D eigenvalue weighted by molar-refractivity contribution is 9.09. The van der Waals surface area contributed by atoms with Crippen LogP contribution in [0.1, 0.15) is 31.7 Å². The van der Waals surface area contributed by atoms with Gasteiger partial charge in [0.25, 0.3) is 0 Å². The summed E-state index contributed by atoms with van der Waals surface area (Å²) < 4.78 is 13.4. The van der Waals surface area contributed by atoms with Crippen LogP contribution in [0, 0.1) is 17.7 Å². The normalized spacial score (nSPS) is 29.3. The number of rotatable bonds is 2. The van der Waals surface area contributed by atoms with Crippen molar-refractivity contribution in [1.82, 2.24) is 0 Å². The van der Waals surface area contributed by atoms with Crippen LogP contribution in [0.3, 0.4) is 0 Å². The van der Waals surface area contributed by atoms with Gasteiger partial charge >= 0.3 is 0 Å². The van der Waals surface area contributed by atoms with Gasteiger partial charge in [0.1, 0.15) is 5.82 Å². The van der Waals surface area contributed by atoms with Crippen LogP contribution in [0.4, 0.5) is 4.39 Å². The highest BCUT2D eigenvalue weighted by atomic mass is 79.9. The van der Waals surface area contributed by atoms with Crippen molar-refractivity contribution in [2.75, 3.05) is 0 Å². The largest absolute Gasteiger partial charge is 0.205 e. The first-order valence-corrected chi connectivity index (χ1v) is 7.44. The monoisotopic (exact) mass is 318 g/mol. The Morgan fingerprint density at radius 1 is 1.41 bits per heavy atom. The van der Waals surface area contributed by atoms with E-state index in [2.05, 4.69) is 22.9 Å². The van der Waals surface area contributed by atoms with Gasteiger partial charge in [0.15, 0.2) is 0 Å². The molecule has 1 aromatic carbocycles. The van der Waals surface area contributed by atoms with E-state index in [1.54, 1.807) is 6.07 Å². The van der Waals surface area contributed by atoms with E-state index in [0.717, 1.165) is 17.9 Å². The van der Waals surface area contributed by atoms with E-state index in [0.29, 0.717) is 15.8 Å². The zero-order valence-electron chi connectivity index (χ0n) is 9.93. The van der Waals surface area contributed by atoms with Gasteiger partial charge in [-0.1, -0.05) is 46.6 Å². The van der Waals surface area contributed by atoms with Gasteiger partial charge < -0.3 is 0 Å². The van der Waals surface area contributed by atoms with Crippen LogP contribution in [0.15, 0.2) is 18.2 Å². The summed E-state index contributed by atoms with van der Waals surface area (Å²) in [5, 5.41) is 0.297. The molecule has 2 rings (SSSR count). The lowest BCUT2D eigenvalue weighted by Crippen LogP contribution is -2.25. The van der Waals surface area contributed by atoms with Gasteiger partial charge in [-0.25, -0.2) is 4.39 Å². The minimum atomic E-state index is -0.306. The molecule has 17 heavy (non-hydrogen) atoms. The highest BCUT2D eigenvalue weighted by Crippen LogP contribution is 2.36. The quantitative estimate of drug-likeness (QED) is 0.655. The Kier molecular flexibility index (Phi) is 4.48. The molecule has 1 aliphatic carbocycles. The van der Waals surface area contributed by atoms with E-state index in [1.807, 2.05) is 6.07 Å². The fourth-order valence-electron chi connectivity index (χ4n) is 2.66. The van der Waals surface area contributed by atoms with Gasteiger partial charge in [-0.05, 0) is 49.1 Å². The third kappa shape index (κ3) is 3.23. The number of halogens is 3. The maximum Gasteiger partial charge on any atom is 0.142 e. The predicted molar refractivity (Wildman–Crippen MR) is 74.3 cm³/mol. The lowest BCUT2D eigenvalue weighted by molar-refractivity contribution is 0.294. The number of hydrogen-bond acceptors (Lipinski definition) is 0. The van der Waals surface area contributed by atoms with E-state index in [4.69, 9.17) is 11.6 Å². The van der Waals surface area contributed by atoms with Gasteiger partial charge in [0.05, 0.1) is 5.02 Å². The average Bonchev–Trinajstić information content (AvgIpc) is 2.30. The summed E-state index contributed by atoms with van der Waals surface area (Å²) in [6.07, 6.45) is 4.56. The van der Waals surface area contributed by atoms with E-state index < -0.39 is 0 Å². The summed E-state index contributed by atoms with van der Waals surface area (Å²) in [7, 11) is 0. The van der Waals surface area contributed by atoms with Crippen molar-refractivity contribution in [1.29, 1.82) is 0 Å². The summed E-state index contributed by atoms with van der Waals surface area (Å²) in [4.78, 5) is 0.540. The second-order valence-electron chi connectivity index (χ2n) is 5.11. The molecule has 1 saturated carbocycles. The second-order valence-corrected chi connectivity index (χ2v) is 6.67. The zero-order valence-corrected chi connectivity index (χ0v) is 12.3. The van der Waals surface area contributed by atoms with Gasteiger partial charge in [-0.15, -0.1) is 0 Å². The maximum absolute atomic E-state index is 13.4. The summed E-state index contributed by atoms with van der Waals surface area (Å²) in [5.41, 5.74) is 0.940. The topological polar surface area (TPSA) is 0 Å². The molecule has 3 heteroatoms. The lowest BCUT2D eigenvalue weighted by Gasteiger charge is -2.31. The van der Waals surface area contributed by atoms with Crippen LogP contribution in [0.25, 0.3) is 0 Å². The van der Waals surface area contributed by atoms with E-state index >= 15 is 0 Å². The van der Waals surface area contributed by atoms with Crippen molar-refractivity contribution in [2.24, 2.45) is 11.8 Å². The van der Waals surface area contributed by atoms with Crippen LogP contribution in [-0.4, -0.2) is 4.83 Å².